The standard InChI is InChI=1S/C17H26BrFO/c1-2-3-4-5-6-7-8-9-13-20-17-15(14-18)11-10-12-16(17)19/h10-12H,2-9,13-14H2,1H3. The maximum atomic E-state index is 13.6. The highest BCUT2D eigenvalue weighted by molar-refractivity contribution is 9.08. The summed E-state index contributed by atoms with van der Waals surface area (Å²) >= 11 is 3.36. The van der Waals surface area contributed by atoms with Gasteiger partial charge in [0.15, 0.2) is 11.6 Å². The molecule has 0 amide bonds. The number of para-hydroxylation sites is 1. The average Bonchev–Trinajstić information content (AvgIpc) is 2.46. The summed E-state index contributed by atoms with van der Waals surface area (Å²) in [5.41, 5.74) is 0.879. The quantitative estimate of drug-likeness (QED) is 0.341. The molecule has 1 aromatic carbocycles. The molecule has 0 aliphatic rings. The molecule has 3 heteroatoms. The molecule has 0 atom stereocenters. The number of alkyl halides is 1. The van der Waals surface area contributed by atoms with E-state index in [-0.39, 0.29) is 5.82 Å². The predicted octanol–water partition coefficient (Wildman–Crippen LogP) is 6.24. The van der Waals surface area contributed by atoms with Gasteiger partial charge in [0, 0.05) is 10.9 Å². The molecule has 0 unspecified atom stereocenters. The van der Waals surface area contributed by atoms with E-state index in [0.717, 1.165) is 12.0 Å². The summed E-state index contributed by atoms with van der Waals surface area (Å²) in [4.78, 5) is 0. The maximum absolute atomic E-state index is 13.6. The Bertz CT molecular complexity index is 368. The Hall–Kier alpha value is -0.570. The molecular formula is C17H26BrFO. The van der Waals surface area contributed by atoms with Crippen molar-refractivity contribution < 1.29 is 9.13 Å². The largest absolute Gasteiger partial charge is 0.490 e. The van der Waals surface area contributed by atoms with Crippen molar-refractivity contribution in [1.82, 2.24) is 0 Å². The molecule has 1 nitrogen and oxygen atoms in total. The highest BCUT2D eigenvalue weighted by Gasteiger charge is 2.08. The summed E-state index contributed by atoms with van der Waals surface area (Å²) in [6.07, 6.45) is 10.1. The van der Waals surface area contributed by atoms with Crippen molar-refractivity contribution in [3.05, 3.63) is 29.6 Å². The highest BCUT2D eigenvalue weighted by atomic mass is 79.9. The van der Waals surface area contributed by atoms with Crippen LogP contribution in [0.15, 0.2) is 18.2 Å². The van der Waals surface area contributed by atoms with Gasteiger partial charge in [0.2, 0.25) is 0 Å². The second-order valence-electron chi connectivity index (χ2n) is 5.19. The minimum absolute atomic E-state index is 0.262. The fraction of sp³-hybridized carbons (Fsp3) is 0.647. The van der Waals surface area contributed by atoms with Crippen LogP contribution in [0, 0.1) is 5.82 Å². The lowest BCUT2D eigenvalue weighted by Gasteiger charge is -2.10. The van der Waals surface area contributed by atoms with Crippen LogP contribution in [0.3, 0.4) is 0 Å². The minimum atomic E-state index is -0.262. The molecule has 0 bridgehead atoms. The zero-order chi connectivity index (χ0) is 14.6. The van der Waals surface area contributed by atoms with Crippen LogP contribution in [0.2, 0.25) is 0 Å². The van der Waals surface area contributed by atoms with Gasteiger partial charge in [-0.2, -0.15) is 0 Å². The van der Waals surface area contributed by atoms with E-state index in [1.807, 2.05) is 6.07 Å². The van der Waals surface area contributed by atoms with Gasteiger partial charge in [-0.25, -0.2) is 4.39 Å². The van der Waals surface area contributed by atoms with Gasteiger partial charge >= 0.3 is 0 Å². The molecule has 0 saturated carbocycles. The zero-order valence-electron chi connectivity index (χ0n) is 12.5. The molecule has 0 N–H and O–H groups in total. The van der Waals surface area contributed by atoms with Gasteiger partial charge in [0.25, 0.3) is 0 Å². The maximum Gasteiger partial charge on any atom is 0.165 e. The fourth-order valence-corrected chi connectivity index (χ4v) is 2.67. The van der Waals surface area contributed by atoms with Crippen LogP contribution in [0.25, 0.3) is 0 Å². The van der Waals surface area contributed by atoms with Gasteiger partial charge in [-0.05, 0) is 12.5 Å². The lowest BCUT2D eigenvalue weighted by Crippen LogP contribution is -2.01. The summed E-state index contributed by atoms with van der Waals surface area (Å²) in [5.74, 6) is 0.147. The Kier molecular flexibility index (Phi) is 9.73. The van der Waals surface area contributed by atoms with E-state index in [2.05, 4.69) is 22.9 Å². The number of hydrogen-bond donors (Lipinski definition) is 0. The Morgan fingerprint density at radius 3 is 2.30 bits per heavy atom. The Labute approximate surface area is 131 Å². The number of benzene rings is 1. The van der Waals surface area contributed by atoms with Gasteiger partial charge < -0.3 is 4.74 Å². The predicted molar refractivity (Wildman–Crippen MR) is 87.1 cm³/mol. The summed E-state index contributed by atoms with van der Waals surface area (Å²) in [6.45, 7) is 2.84. The van der Waals surface area contributed by atoms with Crippen molar-refractivity contribution >= 4 is 15.9 Å². The Morgan fingerprint density at radius 2 is 1.65 bits per heavy atom. The number of halogens is 2. The normalized spacial score (nSPS) is 10.8. The first-order valence-corrected chi connectivity index (χ1v) is 8.88. The molecule has 0 fully saturated rings. The SMILES string of the molecule is CCCCCCCCCCOc1c(F)cccc1CBr. The lowest BCUT2D eigenvalue weighted by atomic mass is 10.1. The van der Waals surface area contributed by atoms with Crippen molar-refractivity contribution in [3.8, 4) is 5.75 Å². The first-order chi connectivity index (χ1) is 9.79. The summed E-state index contributed by atoms with van der Waals surface area (Å²) in [6, 6.07) is 5.06. The average molecular weight is 345 g/mol. The van der Waals surface area contributed by atoms with E-state index in [1.54, 1.807) is 6.07 Å². The molecule has 0 aromatic heterocycles. The smallest absolute Gasteiger partial charge is 0.165 e. The number of rotatable bonds is 11. The number of hydrogen-bond acceptors (Lipinski definition) is 1. The van der Waals surface area contributed by atoms with Crippen molar-refractivity contribution in [2.75, 3.05) is 6.61 Å². The van der Waals surface area contributed by atoms with Crippen molar-refractivity contribution in [1.29, 1.82) is 0 Å². The van der Waals surface area contributed by atoms with Crippen LogP contribution in [0.1, 0.15) is 63.9 Å². The molecule has 114 valence electrons. The third-order valence-corrected chi connectivity index (χ3v) is 4.04. The van der Waals surface area contributed by atoms with Gasteiger partial charge in [-0.15, -0.1) is 0 Å². The van der Waals surface area contributed by atoms with Gasteiger partial charge in [0.05, 0.1) is 6.61 Å². The monoisotopic (exact) mass is 344 g/mol. The van der Waals surface area contributed by atoms with E-state index in [0.29, 0.717) is 17.7 Å². The molecule has 1 aromatic rings. The summed E-state index contributed by atoms with van der Waals surface area (Å²) in [5, 5.41) is 0.623. The molecule has 1 rings (SSSR count). The molecule has 0 aliphatic heterocycles. The molecule has 0 heterocycles. The molecule has 0 aliphatic carbocycles. The second-order valence-corrected chi connectivity index (χ2v) is 5.75. The van der Waals surface area contributed by atoms with E-state index in [4.69, 9.17) is 4.74 Å². The van der Waals surface area contributed by atoms with Gasteiger partial charge in [0.1, 0.15) is 0 Å². The number of unbranched alkanes of at least 4 members (excludes halogenated alkanes) is 7. The molecular weight excluding hydrogens is 319 g/mol. The lowest BCUT2D eigenvalue weighted by molar-refractivity contribution is 0.287. The molecule has 20 heavy (non-hydrogen) atoms. The summed E-state index contributed by atoms with van der Waals surface area (Å²) < 4.78 is 19.2. The third-order valence-electron chi connectivity index (χ3n) is 3.44. The van der Waals surface area contributed by atoms with Crippen molar-refractivity contribution in [2.45, 2.75) is 63.6 Å². The van der Waals surface area contributed by atoms with Crippen LogP contribution >= 0.6 is 15.9 Å². The Balaban J connectivity index is 2.12. The highest BCUT2D eigenvalue weighted by Crippen LogP contribution is 2.25. The van der Waals surface area contributed by atoms with Crippen molar-refractivity contribution in [3.63, 3.8) is 0 Å². The Morgan fingerprint density at radius 1 is 1.00 bits per heavy atom. The van der Waals surface area contributed by atoms with E-state index >= 15 is 0 Å². The molecule has 0 radical (unpaired) electrons. The minimum Gasteiger partial charge on any atom is -0.490 e. The number of ether oxygens (including phenoxy) is 1. The fourth-order valence-electron chi connectivity index (χ4n) is 2.23. The first-order valence-electron chi connectivity index (χ1n) is 7.75. The third kappa shape index (κ3) is 6.74. The van der Waals surface area contributed by atoms with Gasteiger partial charge in [-0.1, -0.05) is 79.9 Å². The zero-order valence-corrected chi connectivity index (χ0v) is 14.1. The van der Waals surface area contributed by atoms with Crippen LogP contribution in [-0.2, 0) is 5.33 Å². The van der Waals surface area contributed by atoms with E-state index < -0.39 is 0 Å². The first kappa shape index (κ1) is 17.5. The topological polar surface area (TPSA) is 9.23 Å². The van der Waals surface area contributed by atoms with Crippen LogP contribution < -0.4 is 4.74 Å². The van der Waals surface area contributed by atoms with Crippen LogP contribution in [0.5, 0.6) is 5.75 Å². The van der Waals surface area contributed by atoms with Crippen LogP contribution in [0.4, 0.5) is 4.39 Å². The molecule has 0 spiro atoms. The van der Waals surface area contributed by atoms with E-state index in [9.17, 15) is 4.39 Å². The molecule has 0 saturated heterocycles. The van der Waals surface area contributed by atoms with Crippen LogP contribution in [-0.4, -0.2) is 6.61 Å². The van der Waals surface area contributed by atoms with E-state index in [1.165, 1.54) is 51.0 Å². The van der Waals surface area contributed by atoms with Crippen molar-refractivity contribution in [2.24, 2.45) is 0 Å². The summed E-state index contributed by atoms with van der Waals surface area (Å²) in [7, 11) is 0. The van der Waals surface area contributed by atoms with Gasteiger partial charge in [-0.3, -0.25) is 0 Å². The second kappa shape index (κ2) is 11.1.